The molecule has 0 aliphatic rings. The average molecular weight is 333 g/mol. The molecule has 0 spiro atoms. The zero-order chi connectivity index (χ0) is 17.6. The molecule has 128 valence electrons. The molecule has 0 aliphatic carbocycles. The lowest BCUT2D eigenvalue weighted by Crippen LogP contribution is -2.23. The Bertz CT molecular complexity index is 739. The van der Waals surface area contributed by atoms with E-state index in [2.05, 4.69) is 34.2 Å². The van der Waals surface area contributed by atoms with Crippen molar-refractivity contribution in [3.05, 3.63) is 78.1 Å². The van der Waals surface area contributed by atoms with Crippen LogP contribution in [0.1, 0.15) is 11.1 Å². The molecule has 2 aromatic carbocycles. The summed E-state index contributed by atoms with van der Waals surface area (Å²) < 4.78 is 0. The molecule has 0 aliphatic heterocycles. The van der Waals surface area contributed by atoms with Gasteiger partial charge < -0.3 is 15.5 Å². The predicted molar refractivity (Wildman–Crippen MR) is 104 cm³/mol. The van der Waals surface area contributed by atoms with Crippen LogP contribution < -0.4 is 15.5 Å². The fourth-order valence-corrected chi connectivity index (χ4v) is 2.85. The van der Waals surface area contributed by atoms with Gasteiger partial charge in [0, 0.05) is 27.2 Å². The molecule has 5 nitrogen and oxygen atoms in total. The van der Waals surface area contributed by atoms with E-state index in [4.69, 9.17) is 5.73 Å². The lowest BCUT2D eigenvalue weighted by molar-refractivity contribution is 0.868. The molecular weight excluding hydrogens is 310 g/mol. The number of rotatable bonds is 6. The highest BCUT2D eigenvalue weighted by atomic mass is 15.2. The van der Waals surface area contributed by atoms with Crippen LogP contribution in [0.2, 0.25) is 0 Å². The fourth-order valence-electron chi connectivity index (χ4n) is 2.85. The number of nitrogens with zero attached hydrogens (tertiary/aromatic N) is 4. The van der Waals surface area contributed by atoms with E-state index in [-0.39, 0.29) is 0 Å². The van der Waals surface area contributed by atoms with Gasteiger partial charge in [-0.3, -0.25) is 0 Å². The first kappa shape index (κ1) is 16.8. The SMILES string of the molecule is CN(Cc1ccccc1)c1ncnc(N(C)Cc2ccccc2)c1N. The Morgan fingerprint density at radius 1 is 0.720 bits per heavy atom. The Morgan fingerprint density at radius 3 is 1.52 bits per heavy atom. The Morgan fingerprint density at radius 2 is 1.12 bits per heavy atom. The van der Waals surface area contributed by atoms with E-state index in [1.165, 1.54) is 11.1 Å². The third-order valence-corrected chi connectivity index (χ3v) is 4.09. The molecule has 25 heavy (non-hydrogen) atoms. The highest BCUT2D eigenvalue weighted by Crippen LogP contribution is 2.29. The van der Waals surface area contributed by atoms with E-state index in [0.717, 1.165) is 24.7 Å². The molecule has 0 atom stereocenters. The maximum Gasteiger partial charge on any atom is 0.157 e. The average Bonchev–Trinajstić information content (AvgIpc) is 2.63. The van der Waals surface area contributed by atoms with Crippen LogP contribution in [0.5, 0.6) is 0 Å². The second kappa shape index (κ2) is 7.66. The molecular formula is C20H23N5. The van der Waals surface area contributed by atoms with Crippen molar-refractivity contribution in [1.82, 2.24) is 9.97 Å². The van der Waals surface area contributed by atoms with Crippen LogP contribution in [0.25, 0.3) is 0 Å². The minimum atomic E-state index is 0.597. The Labute approximate surface area is 148 Å². The van der Waals surface area contributed by atoms with Crippen molar-refractivity contribution in [2.45, 2.75) is 13.1 Å². The third kappa shape index (κ3) is 4.07. The van der Waals surface area contributed by atoms with Crippen LogP contribution in [0.3, 0.4) is 0 Å². The molecule has 3 aromatic rings. The Kier molecular flexibility index (Phi) is 5.14. The summed E-state index contributed by atoms with van der Waals surface area (Å²) in [6.07, 6.45) is 1.57. The van der Waals surface area contributed by atoms with Gasteiger partial charge in [0.15, 0.2) is 11.6 Å². The maximum atomic E-state index is 6.38. The standard InChI is InChI=1S/C20H23N5/c1-24(13-16-9-5-3-6-10-16)19-18(21)20(23-15-22-19)25(2)14-17-11-7-4-8-12-17/h3-12,15H,13-14,21H2,1-2H3. The summed E-state index contributed by atoms with van der Waals surface area (Å²) in [7, 11) is 3.99. The second-order valence-corrected chi connectivity index (χ2v) is 6.12. The van der Waals surface area contributed by atoms with E-state index in [1.54, 1.807) is 6.33 Å². The topological polar surface area (TPSA) is 58.3 Å². The van der Waals surface area contributed by atoms with Crippen LogP contribution >= 0.6 is 0 Å². The number of nitrogens with two attached hydrogens (primary N) is 1. The molecule has 0 bridgehead atoms. The number of anilines is 3. The number of hydrogen-bond donors (Lipinski definition) is 1. The van der Waals surface area contributed by atoms with Gasteiger partial charge in [0.25, 0.3) is 0 Å². The van der Waals surface area contributed by atoms with Gasteiger partial charge in [0.05, 0.1) is 0 Å². The summed E-state index contributed by atoms with van der Waals surface area (Å²) in [6.45, 7) is 1.48. The van der Waals surface area contributed by atoms with Gasteiger partial charge in [-0.1, -0.05) is 60.7 Å². The third-order valence-electron chi connectivity index (χ3n) is 4.09. The normalized spacial score (nSPS) is 10.5. The quantitative estimate of drug-likeness (QED) is 0.750. The van der Waals surface area contributed by atoms with E-state index in [0.29, 0.717) is 5.69 Å². The van der Waals surface area contributed by atoms with Crippen molar-refractivity contribution in [2.24, 2.45) is 0 Å². The summed E-state index contributed by atoms with van der Waals surface area (Å²) in [5.74, 6) is 1.49. The molecule has 5 heteroatoms. The summed E-state index contributed by atoms with van der Waals surface area (Å²) >= 11 is 0. The van der Waals surface area contributed by atoms with Gasteiger partial charge in [0.2, 0.25) is 0 Å². The number of aromatic nitrogens is 2. The van der Waals surface area contributed by atoms with Gasteiger partial charge in [-0.05, 0) is 11.1 Å². The molecule has 1 heterocycles. The highest BCUT2D eigenvalue weighted by Gasteiger charge is 2.15. The fraction of sp³-hybridized carbons (Fsp3) is 0.200. The van der Waals surface area contributed by atoms with E-state index in [1.807, 2.05) is 60.3 Å². The van der Waals surface area contributed by atoms with Crippen LogP contribution in [-0.4, -0.2) is 24.1 Å². The molecule has 0 radical (unpaired) electrons. The minimum absolute atomic E-state index is 0.597. The predicted octanol–water partition coefficient (Wildman–Crippen LogP) is 3.33. The lowest BCUT2D eigenvalue weighted by atomic mass is 10.2. The molecule has 0 amide bonds. The summed E-state index contributed by atoms with van der Waals surface area (Å²) in [5.41, 5.74) is 9.40. The van der Waals surface area contributed by atoms with Crippen molar-refractivity contribution in [3.63, 3.8) is 0 Å². The number of nitrogen functional groups attached to an aromatic ring is 1. The van der Waals surface area contributed by atoms with E-state index < -0.39 is 0 Å². The smallest absolute Gasteiger partial charge is 0.157 e. The first-order valence-corrected chi connectivity index (χ1v) is 8.25. The zero-order valence-corrected chi connectivity index (χ0v) is 14.6. The molecule has 0 saturated carbocycles. The lowest BCUT2D eigenvalue weighted by Gasteiger charge is -2.24. The first-order valence-electron chi connectivity index (χ1n) is 8.25. The van der Waals surface area contributed by atoms with Gasteiger partial charge in [-0.25, -0.2) is 9.97 Å². The second-order valence-electron chi connectivity index (χ2n) is 6.12. The van der Waals surface area contributed by atoms with Gasteiger partial charge in [-0.15, -0.1) is 0 Å². The molecule has 0 saturated heterocycles. The number of hydrogen-bond acceptors (Lipinski definition) is 5. The summed E-state index contributed by atoms with van der Waals surface area (Å²) in [5, 5.41) is 0. The van der Waals surface area contributed by atoms with E-state index >= 15 is 0 Å². The van der Waals surface area contributed by atoms with Crippen molar-refractivity contribution in [3.8, 4) is 0 Å². The van der Waals surface area contributed by atoms with Crippen LogP contribution in [0.4, 0.5) is 17.3 Å². The van der Waals surface area contributed by atoms with Crippen LogP contribution in [0, 0.1) is 0 Å². The minimum Gasteiger partial charge on any atom is -0.393 e. The van der Waals surface area contributed by atoms with Crippen molar-refractivity contribution < 1.29 is 0 Å². The highest BCUT2D eigenvalue weighted by molar-refractivity contribution is 5.75. The molecule has 3 rings (SSSR count). The number of benzene rings is 2. The zero-order valence-electron chi connectivity index (χ0n) is 14.6. The van der Waals surface area contributed by atoms with Crippen molar-refractivity contribution in [1.29, 1.82) is 0 Å². The molecule has 0 unspecified atom stereocenters. The Hall–Kier alpha value is -3.08. The van der Waals surface area contributed by atoms with Gasteiger partial charge in [0.1, 0.15) is 12.0 Å². The summed E-state index contributed by atoms with van der Waals surface area (Å²) in [4.78, 5) is 12.9. The van der Waals surface area contributed by atoms with Crippen molar-refractivity contribution in [2.75, 3.05) is 29.6 Å². The molecule has 0 fully saturated rings. The van der Waals surface area contributed by atoms with E-state index in [9.17, 15) is 0 Å². The monoisotopic (exact) mass is 333 g/mol. The van der Waals surface area contributed by atoms with Crippen LogP contribution in [-0.2, 0) is 13.1 Å². The largest absolute Gasteiger partial charge is 0.393 e. The Balaban J connectivity index is 1.79. The van der Waals surface area contributed by atoms with Crippen molar-refractivity contribution >= 4 is 17.3 Å². The first-order chi connectivity index (χ1) is 12.1. The molecule has 1 aromatic heterocycles. The van der Waals surface area contributed by atoms with Gasteiger partial charge >= 0.3 is 0 Å². The maximum absolute atomic E-state index is 6.38. The summed E-state index contributed by atoms with van der Waals surface area (Å²) in [6, 6.07) is 20.5. The molecule has 2 N–H and O–H groups in total. The van der Waals surface area contributed by atoms with Gasteiger partial charge in [-0.2, -0.15) is 0 Å². The van der Waals surface area contributed by atoms with Crippen LogP contribution in [0.15, 0.2) is 67.0 Å².